The molecule has 0 aromatic heterocycles. The summed E-state index contributed by atoms with van der Waals surface area (Å²) in [5, 5.41) is 5.95. The van der Waals surface area contributed by atoms with Gasteiger partial charge in [-0.3, -0.25) is 4.89 Å². The highest BCUT2D eigenvalue weighted by atomic mass is 31.2. The molecule has 61 heavy (non-hydrogen) atoms. The molecular weight excluding hydrogens is 800 g/mol. The van der Waals surface area contributed by atoms with Crippen LogP contribution in [0.15, 0.2) is 194 Å². The minimum atomic E-state index is -4.89. The minimum absolute atomic E-state index is 0.314. The average Bonchev–Trinajstić information content (AvgIpc) is 4.00. The van der Waals surface area contributed by atoms with E-state index < -0.39 is 24.0 Å². The summed E-state index contributed by atoms with van der Waals surface area (Å²) in [4.78, 5) is 12.4. The molecule has 6 aromatic carbocycles. The molecule has 0 amide bonds. The van der Waals surface area contributed by atoms with E-state index in [2.05, 4.69) is 187 Å². The second-order valence-corrected chi connectivity index (χ2v) is 28.9. The first-order valence-corrected chi connectivity index (χ1v) is 26.7. The van der Waals surface area contributed by atoms with Gasteiger partial charge in [-0.2, -0.15) is 0 Å². The average molecular weight is 855 g/mol. The maximum atomic E-state index is 15.1. The van der Waals surface area contributed by atoms with Crippen molar-refractivity contribution in [1.29, 1.82) is 0 Å². The van der Waals surface area contributed by atoms with Gasteiger partial charge in [-0.1, -0.05) is 224 Å². The molecule has 0 fully saturated rings. The van der Waals surface area contributed by atoms with Crippen LogP contribution in [0.5, 0.6) is 11.5 Å². The topological polar surface area (TPSA) is 55.8 Å². The van der Waals surface area contributed by atoms with E-state index in [-0.39, 0.29) is 10.1 Å². The molecule has 1 N–H and O–H groups in total. The molecule has 8 rings (SSSR count). The maximum Gasteiger partial charge on any atom is 0.584 e. The fourth-order valence-corrected chi connectivity index (χ4v) is 22.6. The largest absolute Gasteiger partial charge is 0.584 e. The summed E-state index contributed by atoms with van der Waals surface area (Å²) in [6.45, 7) is 13.7. The number of rotatable bonds is 12. The van der Waals surface area contributed by atoms with Crippen molar-refractivity contribution in [2.75, 3.05) is 0 Å². The van der Waals surface area contributed by atoms with Crippen LogP contribution in [-0.4, -0.2) is 21.0 Å². The first kappa shape index (κ1) is 42.2. The second kappa shape index (κ2) is 16.8. The Kier molecular flexibility index (Phi) is 11.6. The van der Waals surface area contributed by atoms with Gasteiger partial charge in [0.1, 0.15) is 11.5 Å². The summed E-state index contributed by atoms with van der Waals surface area (Å²) in [6.07, 6.45) is 14.4. The first-order valence-electron chi connectivity index (χ1n) is 21.2. The van der Waals surface area contributed by atoms with Gasteiger partial charge in [-0.25, -0.2) is 4.57 Å². The minimum Gasteiger partial charge on any atom is -0.395 e. The summed E-state index contributed by atoms with van der Waals surface area (Å²) in [5.74, 6) is 0.697. The third kappa shape index (κ3) is 7.83. The lowest BCUT2D eigenvalue weighted by Gasteiger charge is -2.45. The molecule has 0 radical (unpaired) electrons. The van der Waals surface area contributed by atoms with Crippen LogP contribution in [0, 0.1) is 0 Å². The zero-order valence-electron chi connectivity index (χ0n) is 36.0. The summed E-state index contributed by atoms with van der Waals surface area (Å²) >= 11 is 0. The zero-order chi connectivity index (χ0) is 42.9. The molecule has 4 nitrogen and oxygen atoms in total. The van der Waals surface area contributed by atoms with Crippen LogP contribution in [0.1, 0.15) is 65.5 Å². The summed E-state index contributed by atoms with van der Waals surface area (Å²) in [6, 6.07) is 54.8. The van der Waals surface area contributed by atoms with E-state index in [4.69, 9.17) is 9.05 Å². The number of phosphoric ester groups is 1. The van der Waals surface area contributed by atoms with Crippen LogP contribution in [0.2, 0.25) is 10.1 Å². The highest BCUT2D eigenvalue weighted by molar-refractivity contribution is 7.48. The summed E-state index contributed by atoms with van der Waals surface area (Å²) in [7, 11) is -11.1. The molecule has 0 spiro atoms. The van der Waals surface area contributed by atoms with Crippen LogP contribution >= 0.6 is 7.82 Å². The molecule has 0 atom stereocenters. The molecule has 308 valence electrons. The van der Waals surface area contributed by atoms with Crippen molar-refractivity contribution in [2.45, 2.75) is 64.5 Å². The van der Waals surface area contributed by atoms with Crippen molar-refractivity contribution >= 4 is 66.2 Å². The van der Waals surface area contributed by atoms with Crippen molar-refractivity contribution in [3.05, 3.63) is 205 Å². The maximum absolute atomic E-state index is 15.1. The zero-order valence-corrected chi connectivity index (χ0v) is 38.9. The second-order valence-electron chi connectivity index (χ2n) is 18.2. The number of phosphoric acid groups is 1. The monoisotopic (exact) mass is 854 g/mol. The Balaban J connectivity index is 1.34. The molecular formula is C54H55O4PSi2. The van der Waals surface area contributed by atoms with Gasteiger partial charge in [0.15, 0.2) is 16.1 Å². The van der Waals surface area contributed by atoms with E-state index in [1.807, 2.05) is 48.5 Å². The quantitative estimate of drug-likeness (QED) is 0.0757. The van der Waals surface area contributed by atoms with Crippen molar-refractivity contribution in [3.63, 3.8) is 0 Å². The van der Waals surface area contributed by atoms with Crippen LogP contribution in [0.3, 0.4) is 0 Å². The molecule has 0 saturated carbocycles. The van der Waals surface area contributed by atoms with Gasteiger partial charge >= 0.3 is 7.82 Å². The molecule has 0 unspecified atom stereocenters. The Labute approximate surface area is 364 Å². The molecule has 0 bridgehead atoms. The lowest BCUT2D eigenvalue weighted by Crippen LogP contribution is -2.72. The van der Waals surface area contributed by atoms with Gasteiger partial charge in [0.2, 0.25) is 0 Å². The van der Waals surface area contributed by atoms with Crippen LogP contribution in [0.4, 0.5) is 0 Å². The Morgan fingerprint density at radius 3 is 1.05 bits per heavy atom. The Morgan fingerprint density at radius 2 is 0.787 bits per heavy atom. The van der Waals surface area contributed by atoms with Gasteiger partial charge in [0, 0.05) is 0 Å². The van der Waals surface area contributed by atoms with Crippen molar-refractivity contribution in [3.8, 4) is 11.5 Å². The van der Waals surface area contributed by atoms with Crippen molar-refractivity contribution < 1.29 is 18.5 Å². The molecule has 0 heterocycles. The first-order chi connectivity index (χ1) is 29.3. The molecule has 0 aliphatic heterocycles. The summed E-state index contributed by atoms with van der Waals surface area (Å²) < 4.78 is 28.3. The van der Waals surface area contributed by atoms with E-state index in [9.17, 15) is 4.89 Å². The number of allylic oxidation sites excluding steroid dienone is 8. The highest BCUT2D eigenvalue weighted by Gasteiger charge is 2.53. The predicted molar refractivity (Wildman–Crippen MR) is 262 cm³/mol. The Bertz CT molecular complexity index is 2430. The van der Waals surface area contributed by atoms with Crippen LogP contribution in [0.25, 0.3) is 11.1 Å². The van der Waals surface area contributed by atoms with Crippen LogP contribution < -0.4 is 40.2 Å². The third-order valence-corrected chi connectivity index (χ3v) is 25.1. The lowest BCUT2D eigenvalue weighted by molar-refractivity contribution is 0.292. The van der Waals surface area contributed by atoms with E-state index in [1.54, 1.807) is 0 Å². The molecule has 0 saturated heterocycles. The van der Waals surface area contributed by atoms with Crippen molar-refractivity contribution in [2.24, 2.45) is 0 Å². The molecule has 2 aliphatic carbocycles. The van der Waals surface area contributed by atoms with E-state index in [1.165, 1.54) is 31.9 Å². The van der Waals surface area contributed by atoms with E-state index in [0.717, 1.165) is 34.3 Å². The van der Waals surface area contributed by atoms with Gasteiger partial charge in [-0.05, 0) is 88.4 Å². The fourth-order valence-electron chi connectivity index (χ4n) is 10.0. The molecule has 2 aliphatic rings. The smallest absolute Gasteiger partial charge is 0.395 e. The Morgan fingerprint density at radius 1 is 0.475 bits per heavy atom. The van der Waals surface area contributed by atoms with E-state index >= 15 is 4.57 Å². The van der Waals surface area contributed by atoms with Crippen LogP contribution in [-0.2, 0) is 4.57 Å². The van der Waals surface area contributed by atoms with E-state index in [0.29, 0.717) is 11.5 Å². The Hall–Kier alpha value is -5.50. The fraction of sp³-hybridized carbons (Fsp3) is 0.185. The lowest BCUT2D eigenvalue weighted by atomic mass is 10.1. The normalized spacial score (nSPS) is 14.5. The predicted octanol–water partition coefficient (Wildman–Crippen LogP) is 10.5. The molecule has 6 aromatic rings. The van der Waals surface area contributed by atoms with Gasteiger partial charge in [0.05, 0.1) is 0 Å². The standard InChI is InChI=1S/C54H55O4PSi2/c1-53(2,3)60(45-27-11-7-12-28-45,46-29-13-8-14-30-46)51-39-43(41-23-19-20-24-41)35-37-49(51)57-59(55,56)58-50-38-36-44(42-25-21-22-26-42)40-52(50)61(54(4,5)6,47-31-15-9-16-32-47)48-33-17-10-18-34-48/h7-23,25,27-40H,24,26H2,1-6H3,(H,55,56). The number of hydrogen-bond acceptors (Lipinski definition) is 3. The van der Waals surface area contributed by atoms with Gasteiger partial charge < -0.3 is 9.05 Å². The SMILES string of the molecule is CC(C)(C)[Si](c1ccccc1)(c1ccccc1)c1cc(C2=CC=CC2)ccc1OP(=O)(O)Oc1ccc(C2=CC=CC2)cc1[Si](c1ccccc1)(c1ccccc1)C(C)(C)C. The summed E-state index contributed by atoms with van der Waals surface area (Å²) in [5.41, 5.74) is 4.51. The van der Waals surface area contributed by atoms with Gasteiger partial charge in [-0.15, -0.1) is 0 Å². The highest BCUT2D eigenvalue weighted by Crippen LogP contribution is 2.48. The van der Waals surface area contributed by atoms with Gasteiger partial charge in [0.25, 0.3) is 0 Å². The molecule has 7 heteroatoms. The number of benzene rings is 6. The van der Waals surface area contributed by atoms with Crippen molar-refractivity contribution in [1.82, 2.24) is 0 Å². The third-order valence-electron chi connectivity index (χ3n) is 12.6. The number of hydrogen-bond donors (Lipinski definition) is 1.